The summed E-state index contributed by atoms with van der Waals surface area (Å²) in [4.78, 5) is 11.9. The Morgan fingerprint density at radius 3 is 2.70 bits per heavy atom. The lowest BCUT2D eigenvalue weighted by Crippen LogP contribution is -2.20. The zero-order valence-corrected chi connectivity index (χ0v) is 14.1. The van der Waals surface area contributed by atoms with Crippen LogP contribution in [0.1, 0.15) is 22.3 Å². The highest BCUT2D eigenvalue weighted by molar-refractivity contribution is 6.32. The molecular formula is C18H19ClN2O2. The molecule has 0 aliphatic heterocycles. The largest absolute Gasteiger partial charge is 0.495 e. The SMILES string of the molecule is COc1ccc(/C=N\NC(=O)Cc2ccc(C)cc2C)cc1Cl. The smallest absolute Gasteiger partial charge is 0.244 e. The van der Waals surface area contributed by atoms with E-state index in [1.165, 1.54) is 5.56 Å². The van der Waals surface area contributed by atoms with Crippen LogP contribution in [0.5, 0.6) is 5.75 Å². The maximum atomic E-state index is 11.9. The van der Waals surface area contributed by atoms with Crippen LogP contribution in [-0.2, 0) is 11.2 Å². The Morgan fingerprint density at radius 1 is 1.26 bits per heavy atom. The van der Waals surface area contributed by atoms with Crippen LogP contribution in [0.4, 0.5) is 0 Å². The average Bonchev–Trinajstić information content (AvgIpc) is 2.50. The number of hydrazone groups is 1. The van der Waals surface area contributed by atoms with Crippen LogP contribution in [-0.4, -0.2) is 19.2 Å². The van der Waals surface area contributed by atoms with Gasteiger partial charge in [-0.25, -0.2) is 5.43 Å². The van der Waals surface area contributed by atoms with Gasteiger partial charge in [0, 0.05) is 0 Å². The van der Waals surface area contributed by atoms with Gasteiger partial charge in [0.2, 0.25) is 5.91 Å². The molecule has 2 aromatic carbocycles. The van der Waals surface area contributed by atoms with Crippen LogP contribution < -0.4 is 10.2 Å². The molecule has 0 aliphatic rings. The molecule has 0 spiro atoms. The molecule has 5 heteroatoms. The van der Waals surface area contributed by atoms with Gasteiger partial charge in [0.15, 0.2) is 0 Å². The molecule has 0 radical (unpaired) electrons. The highest BCUT2D eigenvalue weighted by Gasteiger charge is 2.05. The molecule has 0 aromatic heterocycles. The van der Waals surface area contributed by atoms with Crippen LogP contribution >= 0.6 is 11.6 Å². The van der Waals surface area contributed by atoms with Crippen molar-refractivity contribution in [2.75, 3.05) is 7.11 Å². The van der Waals surface area contributed by atoms with Crippen molar-refractivity contribution in [2.24, 2.45) is 5.10 Å². The average molecular weight is 331 g/mol. The van der Waals surface area contributed by atoms with Crippen molar-refractivity contribution >= 4 is 23.7 Å². The lowest BCUT2D eigenvalue weighted by molar-refractivity contribution is -0.120. The minimum absolute atomic E-state index is 0.159. The summed E-state index contributed by atoms with van der Waals surface area (Å²) < 4.78 is 5.08. The molecule has 2 rings (SSSR count). The van der Waals surface area contributed by atoms with Gasteiger partial charge in [-0.3, -0.25) is 4.79 Å². The van der Waals surface area contributed by atoms with Crippen molar-refractivity contribution in [3.8, 4) is 5.75 Å². The first-order valence-corrected chi connectivity index (χ1v) is 7.59. The Labute approximate surface area is 141 Å². The second kappa shape index (κ2) is 7.79. The topological polar surface area (TPSA) is 50.7 Å². The van der Waals surface area contributed by atoms with Crippen LogP contribution in [0.3, 0.4) is 0 Å². The lowest BCUT2D eigenvalue weighted by atomic mass is 10.0. The molecule has 0 fully saturated rings. The maximum Gasteiger partial charge on any atom is 0.244 e. The second-order valence-electron chi connectivity index (χ2n) is 5.29. The Balaban J connectivity index is 1.94. The summed E-state index contributed by atoms with van der Waals surface area (Å²) in [5.74, 6) is 0.440. The quantitative estimate of drug-likeness (QED) is 0.672. The van der Waals surface area contributed by atoms with E-state index in [1.54, 1.807) is 25.5 Å². The van der Waals surface area contributed by atoms with Gasteiger partial charge in [0.25, 0.3) is 0 Å². The molecule has 23 heavy (non-hydrogen) atoms. The molecule has 0 unspecified atom stereocenters. The number of amides is 1. The minimum atomic E-state index is -0.159. The van der Waals surface area contributed by atoms with E-state index in [0.717, 1.165) is 16.7 Å². The zero-order valence-electron chi connectivity index (χ0n) is 13.4. The van der Waals surface area contributed by atoms with Crippen molar-refractivity contribution in [1.29, 1.82) is 0 Å². The highest BCUT2D eigenvalue weighted by atomic mass is 35.5. The van der Waals surface area contributed by atoms with Gasteiger partial charge in [-0.2, -0.15) is 5.10 Å². The summed E-state index contributed by atoms with van der Waals surface area (Å²) >= 11 is 6.03. The molecule has 2 aromatic rings. The lowest BCUT2D eigenvalue weighted by Gasteiger charge is -2.06. The number of benzene rings is 2. The van der Waals surface area contributed by atoms with E-state index in [2.05, 4.69) is 16.6 Å². The van der Waals surface area contributed by atoms with Crippen LogP contribution in [0, 0.1) is 13.8 Å². The molecule has 1 amide bonds. The monoisotopic (exact) mass is 330 g/mol. The molecule has 1 N–H and O–H groups in total. The summed E-state index contributed by atoms with van der Waals surface area (Å²) in [5, 5.41) is 4.46. The summed E-state index contributed by atoms with van der Waals surface area (Å²) in [6, 6.07) is 11.3. The van der Waals surface area contributed by atoms with Crippen molar-refractivity contribution in [2.45, 2.75) is 20.3 Å². The van der Waals surface area contributed by atoms with Gasteiger partial charge in [-0.15, -0.1) is 0 Å². The van der Waals surface area contributed by atoms with Gasteiger partial charge in [-0.1, -0.05) is 35.4 Å². The van der Waals surface area contributed by atoms with Crippen molar-refractivity contribution < 1.29 is 9.53 Å². The fourth-order valence-electron chi connectivity index (χ4n) is 2.20. The number of carbonyl (C=O) groups is 1. The first-order chi connectivity index (χ1) is 11.0. The molecule has 0 bridgehead atoms. The number of ether oxygens (including phenoxy) is 1. The molecule has 0 atom stereocenters. The second-order valence-corrected chi connectivity index (χ2v) is 5.70. The third-order valence-corrected chi connectivity index (χ3v) is 3.72. The number of rotatable bonds is 5. The fourth-order valence-corrected chi connectivity index (χ4v) is 2.46. The summed E-state index contributed by atoms with van der Waals surface area (Å²) in [5.41, 5.74) is 6.59. The van der Waals surface area contributed by atoms with E-state index in [1.807, 2.05) is 32.0 Å². The van der Waals surface area contributed by atoms with E-state index >= 15 is 0 Å². The van der Waals surface area contributed by atoms with Crippen molar-refractivity contribution in [3.05, 3.63) is 63.7 Å². The van der Waals surface area contributed by atoms with E-state index < -0.39 is 0 Å². The predicted molar refractivity (Wildman–Crippen MR) is 93.4 cm³/mol. The van der Waals surface area contributed by atoms with Crippen LogP contribution in [0.2, 0.25) is 5.02 Å². The van der Waals surface area contributed by atoms with E-state index in [0.29, 0.717) is 17.2 Å². The van der Waals surface area contributed by atoms with Crippen LogP contribution in [0.15, 0.2) is 41.5 Å². The summed E-state index contributed by atoms with van der Waals surface area (Å²) in [6.45, 7) is 4.03. The highest BCUT2D eigenvalue weighted by Crippen LogP contribution is 2.24. The number of halogens is 1. The first kappa shape index (κ1) is 17.0. The Morgan fingerprint density at radius 2 is 2.04 bits per heavy atom. The molecule has 4 nitrogen and oxygen atoms in total. The number of nitrogens with zero attached hydrogens (tertiary/aromatic N) is 1. The normalized spacial score (nSPS) is 10.8. The number of carbonyl (C=O) groups excluding carboxylic acids is 1. The van der Waals surface area contributed by atoms with E-state index in [9.17, 15) is 4.79 Å². The standard InChI is InChI=1S/C18H19ClN2O2/c1-12-4-6-15(13(2)8-12)10-18(22)21-20-11-14-5-7-17(23-3)16(19)9-14/h4-9,11H,10H2,1-3H3,(H,21,22)/b20-11-. The molecule has 0 saturated heterocycles. The minimum Gasteiger partial charge on any atom is -0.495 e. The molecular weight excluding hydrogens is 312 g/mol. The predicted octanol–water partition coefficient (Wildman–Crippen LogP) is 3.66. The number of aryl methyl sites for hydroxylation is 2. The molecule has 0 saturated carbocycles. The maximum absolute atomic E-state index is 11.9. The van der Waals surface area contributed by atoms with E-state index in [4.69, 9.17) is 16.3 Å². The van der Waals surface area contributed by atoms with Gasteiger partial charge in [-0.05, 0) is 48.7 Å². The zero-order chi connectivity index (χ0) is 16.8. The molecule has 120 valence electrons. The Kier molecular flexibility index (Phi) is 5.77. The Bertz CT molecular complexity index is 742. The molecule has 0 heterocycles. The number of hydrogen-bond acceptors (Lipinski definition) is 3. The summed E-state index contributed by atoms with van der Waals surface area (Å²) in [6.07, 6.45) is 1.85. The third-order valence-electron chi connectivity index (χ3n) is 3.43. The van der Waals surface area contributed by atoms with Gasteiger partial charge < -0.3 is 4.74 Å². The third kappa shape index (κ3) is 4.83. The summed E-state index contributed by atoms with van der Waals surface area (Å²) in [7, 11) is 1.56. The van der Waals surface area contributed by atoms with Gasteiger partial charge >= 0.3 is 0 Å². The van der Waals surface area contributed by atoms with Gasteiger partial charge in [0.1, 0.15) is 5.75 Å². The number of nitrogens with one attached hydrogen (secondary N) is 1. The van der Waals surface area contributed by atoms with Crippen LogP contribution in [0.25, 0.3) is 0 Å². The van der Waals surface area contributed by atoms with E-state index in [-0.39, 0.29) is 5.91 Å². The van der Waals surface area contributed by atoms with Gasteiger partial charge in [0.05, 0.1) is 24.8 Å². The first-order valence-electron chi connectivity index (χ1n) is 7.21. The number of hydrogen-bond donors (Lipinski definition) is 1. The fraction of sp³-hybridized carbons (Fsp3) is 0.222. The van der Waals surface area contributed by atoms with Crippen molar-refractivity contribution in [3.63, 3.8) is 0 Å². The Hall–Kier alpha value is -2.33. The number of methoxy groups -OCH3 is 1. The van der Waals surface area contributed by atoms with Crippen molar-refractivity contribution in [1.82, 2.24) is 5.43 Å². The molecule has 0 aliphatic carbocycles.